The van der Waals surface area contributed by atoms with Gasteiger partial charge in [-0.25, -0.2) is 0 Å². The minimum absolute atomic E-state index is 0.163. The van der Waals surface area contributed by atoms with Crippen molar-refractivity contribution in [2.24, 2.45) is 10.9 Å². The topological polar surface area (TPSA) is 51.1 Å². The van der Waals surface area contributed by atoms with Crippen LogP contribution in [0.1, 0.15) is 24.0 Å². The molecule has 0 spiro atoms. The molecule has 5 nitrogen and oxygen atoms in total. The van der Waals surface area contributed by atoms with Gasteiger partial charge < -0.3 is 9.47 Å². The molecule has 1 aliphatic rings. The molecule has 0 saturated heterocycles. The lowest BCUT2D eigenvalue weighted by atomic mass is 9.95. The van der Waals surface area contributed by atoms with Crippen molar-refractivity contribution in [1.29, 1.82) is 0 Å². The molecule has 1 heterocycles. The van der Waals surface area contributed by atoms with E-state index in [0.717, 1.165) is 50.1 Å². The van der Waals surface area contributed by atoms with Crippen LogP contribution in [-0.2, 0) is 17.6 Å². The Labute approximate surface area is 185 Å². The zero-order chi connectivity index (χ0) is 22.1. The van der Waals surface area contributed by atoms with Crippen molar-refractivity contribution in [2.75, 3.05) is 33.9 Å². The first-order valence-corrected chi connectivity index (χ1v) is 10.8. The number of carbonyl (C=O) groups excluding carboxylic acids is 1. The zero-order valence-electron chi connectivity index (χ0n) is 18.5. The highest BCUT2D eigenvalue weighted by Gasteiger charge is 2.23. The number of aliphatic imine (C=N–C) groups is 1. The molecule has 0 saturated carbocycles. The molecule has 0 aromatic heterocycles. The van der Waals surface area contributed by atoms with Gasteiger partial charge in [-0.2, -0.15) is 0 Å². The van der Waals surface area contributed by atoms with E-state index in [9.17, 15) is 4.79 Å². The number of rotatable bonds is 11. The standard InChI is InChI=1S/C26H32N2O3/c1-4-13-28(15-12-20-9-6-5-7-10-20)14-8-11-21-19-27-23-18-26(31-3)25(30-2)17-22(23)16-24(21)29/h4-7,9-10,17-19,21H,1,8,11-16H2,2-3H3. The summed E-state index contributed by atoms with van der Waals surface area (Å²) in [7, 11) is 3.20. The smallest absolute Gasteiger partial charge is 0.162 e. The fourth-order valence-electron chi connectivity index (χ4n) is 3.92. The van der Waals surface area contributed by atoms with Gasteiger partial charge in [0.25, 0.3) is 0 Å². The van der Waals surface area contributed by atoms with Crippen LogP contribution in [0.2, 0.25) is 0 Å². The first-order chi connectivity index (χ1) is 15.1. The number of ketones is 1. The van der Waals surface area contributed by atoms with E-state index in [4.69, 9.17) is 9.47 Å². The number of ether oxygens (including phenoxy) is 2. The lowest BCUT2D eigenvalue weighted by Gasteiger charge is -2.21. The summed E-state index contributed by atoms with van der Waals surface area (Å²) in [4.78, 5) is 19.8. The molecule has 0 N–H and O–H groups in total. The molecule has 0 bridgehead atoms. The van der Waals surface area contributed by atoms with E-state index >= 15 is 0 Å². The average molecular weight is 421 g/mol. The Morgan fingerprint density at radius 2 is 1.87 bits per heavy atom. The van der Waals surface area contributed by atoms with Crippen LogP contribution in [0.15, 0.2) is 60.1 Å². The number of methoxy groups -OCH3 is 2. The molecular weight excluding hydrogens is 388 g/mol. The maximum absolute atomic E-state index is 12.9. The summed E-state index contributed by atoms with van der Waals surface area (Å²) < 4.78 is 10.7. The molecule has 2 aromatic carbocycles. The van der Waals surface area contributed by atoms with Gasteiger partial charge in [0.1, 0.15) is 5.78 Å². The van der Waals surface area contributed by atoms with Crippen LogP contribution in [-0.4, -0.2) is 50.8 Å². The lowest BCUT2D eigenvalue weighted by Crippen LogP contribution is -2.28. The Morgan fingerprint density at radius 3 is 2.58 bits per heavy atom. The Morgan fingerprint density at radius 1 is 1.13 bits per heavy atom. The first kappa shape index (κ1) is 22.8. The van der Waals surface area contributed by atoms with E-state index in [-0.39, 0.29) is 11.7 Å². The van der Waals surface area contributed by atoms with Crippen molar-refractivity contribution in [2.45, 2.75) is 25.7 Å². The van der Waals surface area contributed by atoms with Crippen LogP contribution in [0.3, 0.4) is 0 Å². The van der Waals surface area contributed by atoms with Crippen molar-refractivity contribution in [3.63, 3.8) is 0 Å². The number of nitrogens with zero attached hydrogens (tertiary/aromatic N) is 2. The second kappa shape index (κ2) is 11.5. The second-order valence-corrected chi connectivity index (χ2v) is 7.83. The highest BCUT2D eigenvalue weighted by molar-refractivity contribution is 5.99. The molecule has 0 amide bonds. The van der Waals surface area contributed by atoms with E-state index in [1.54, 1.807) is 14.2 Å². The van der Waals surface area contributed by atoms with Crippen LogP contribution in [0.25, 0.3) is 0 Å². The van der Waals surface area contributed by atoms with E-state index in [0.29, 0.717) is 17.9 Å². The molecule has 1 aliphatic heterocycles. The summed E-state index contributed by atoms with van der Waals surface area (Å²) in [6.07, 6.45) is 6.86. The Kier molecular flexibility index (Phi) is 8.42. The maximum atomic E-state index is 12.9. The summed E-state index contributed by atoms with van der Waals surface area (Å²) in [5.41, 5.74) is 3.01. The van der Waals surface area contributed by atoms with Crippen LogP contribution >= 0.6 is 0 Å². The summed E-state index contributed by atoms with van der Waals surface area (Å²) in [5, 5.41) is 0. The third-order valence-corrected chi connectivity index (χ3v) is 5.69. The summed E-state index contributed by atoms with van der Waals surface area (Å²) in [5.74, 6) is 1.29. The van der Waals surface area contributed by atoms with Gasteiger partial charge in [0, 0.05) is 31.8 Å². The number of carbonyl (C=O) groups is 1. The second-order valence-electron chi connectivity index (χ2n) is 7.83. The molecular formula is C26H32N2O3. The van der Waals surface area contributed by atoms with Gasteiger partial charge in [0.05, 0.1) is 25.8 Å². The molecule has 5 heteroatoms. The van der Waals surface area contributed by atoms with Crippen LogP contribution in [0, 0.1) is 5.92 Å². The van der Waals surface area contributed by atoms with E-state index in [1.165, 1.54) is 5.56 Å². The van der Waals surface area contributed by atoms with Gasteiger partial charge in [-0.05, 0) is 43.0 Å². The maximum Gasteiger partial charge on any atom is 0.162 e. The summed E-state index contributed by atoms with van der Waals surface area (Å²) in [6.45, 7) is 6.66. The predicted molar refractivity (Wildman–Crippen MR) is 126 cm³/mol. The summed E-state index contributed by atoms with van der Waals surface area (Å²) in [6, 6.07) is 14.2. The molecule has 2 aromatic rings. The van der Waals surface area contributed by atoms with Crippen LogP contribution in [0.5, 0.6) is 11.5 Å². The number of fused-ring (bicyclic) bond motifs is 1. The van der Waals surface area contributed by atoms with Gasteiger partial charge in [0.15, 0.2) is 11.5 Å². The van der Waals surface area contributed by atoms with Crippen molar-refractivity contribution in [1.82, 2.24) is 4.90 Å². The van der Waals surface area contributed by atoms with Crippen molar-refractivity contribution in [3.8, 4) is 11.5 Å². The van der Waals surface area contributed by atoms with Crippen molar-refractivity contribution >= 4 is 17.7 Å². The lowest BCUT2D eigenvalue weighted by molar-refractivity contribution is -0.120. The number of benzene rings is 2. The minimum Gasteiger partial charge on any atom is -0.493 e. The molecule has 0 radical (unpaired) electrons. The number of hydrogen-bond acceptors (Lipinski definition) is 5. The SMILES string of the molecule is C=CCN(CCCC1C=Nc2cc(OC)c(OC)cc2CC1=O)CCc1ccccc1. The van der Waals surface area contributed by atoms with Gasteiger partial charge in [-0.15, -0.1) is 6.58 Å². The van der Waals surface area contributed by atoms with E-state index in [1.807, 2.05) is 30.5 Å². The zero-order valence-corrected chi connectivity index (χ0v) is 18.5. The van der Waals surface area contributed by atoms with E-state index < -0.39 is 0 Å². The van der Waals surface area contributed by atoms with E-state index in [2.05, 4.69) is 40.7 Å². The minimum atomic E-state index is -0.163. The summed E-state index contributed by atoms with van der Waals surface area (Å²) >= 11 is 0. The van der Waals surface area contributed by atoms with Gasteiger partial charge in [-0.3, -0.25) is 14.7 Å². The highest BCUT2D eigenvalue weighted by atomic mass is 16.5. The fourth-order valence-corrected chi connectivity index (χ4v) is 3.92. The molecule has 3 rings (SSSR count). The normalized spacial score (nSPS) is 15.5. The molecule has 0 aliphatic carbocycles. The average Bonchev–Trinajstić information content (AvgIpc) is 2.95. The van der Waals surface area contributed by atoms with Crippen molar-refractivity contribution < 1.29 is 14.3 Å². The fraction of sp³-hybridized carbons (Fsp3) is 0.385. The molecule has 1 unspecified atom stereocenters. The number of Topliss-reactive ketones (excluding diaryl/α,β-unsaturated/α-hetero) is 1. The third-order valence-electron chi connectivity index (χ3n) is 5.69. The highest BCUT2D eigenvalue weighted by Crippen LogP contribution is 2.36. The first-order valence-electron chi connectivity index (χ1n) is 10.8. The predicted octanol–water partition coefficient (Wildman–Crippen LogP) is 4.66. The van der Waals surface area contributed by atoms with Crippen LogP contribution < -0.4 is 9.47 Å². The molecule has 31 heavy (non-hydrogen) atoms. The van der Waals surface area contributed by atoms with Gasteiger partial charge in [0.2, 0.25) is 0 Å². The van der Waals surface area contributed by atoms with Gasteiger partial charge in [-0.1, -0.05) is 36.4 Å². The quantitative estimate of drug-likeness (QED) is 0.496. The van der Waals surface area contributed by atoms with Crippen LogP contribution in [0.4, 0.5) is 5.69 Å². The molecule has 164 valence electrons. The third kappa shape index (κ3) is 6.28. The Balaban J connectivity index is 1.56. The molecule has 1 atom stereocenters. The molecule has 0 fully saturated rings. The largest absolute Gasteiger partial charge is 0.493 e. The number of hydrogen-bond donors (Lipinski definition) is 0. The van der Waals surface area contributed by atoms with Gasteiger partial charge >= 0.3 is 0 Å². The monoisotopic (exact) mass is 420 g/mol. The Bertz CT molecular complexity index is 908. The Hall–Kier alpha value is -2.92. The van der Waals surface area contributed by atoms with Crippen molar-refractivity contribution in [3.05, 3.63) is 66.2 Å².